The zero-order valence-electron chi connectivity index (χ0n) is 34.1. The maximum Gasteiger partial charge on any atom is 0.0800 e. The summed E-state index contributed by atoms with van der Waals surface area (Å²) < 4.78 is 15.3. The van der Waals surface area contributed by atoms with Gasteiger partial charge in [-0.25, -0.2) is 0 Å². The highest BCUT2D eigenvalue weighted by Gasteiger charge is 2.65. The van der Waals surface area contributed by atoms with E-state index in [1.807, 2.05) is 0 Å². The number of hydrogen-bond donors (Lipinski definition) is 0. The van der Waals surface area contributed by atoms with Crippen molar-refractivity contribution in [3.05, 3.63) is 144 Å². The predicted octanol–water partition coefficient (Wildman–Crippen LogP) is 10.7. The summed E-state index contributed by atoms with van der Waals surface area (Å²) in [5, 5.41) is 0. The Balaban J connectivity index is 0.841. The number of nitrogens with zero attached hydrogens (tertiary/aromatic N) is 2. The first-order chi connectivity index (χ1) is 28.7. The van der Waals surface area contributed by atoms with Crippen molar-refractivity contribution in [2.45, 2.75) is 144 Å². The molecule has 13 rings (SSSR count). The maximum atomic E-state index is 7.68. The minimum Gasteiger partial charge on any atom is -0.372 e. The third kappa shape index (κ3) is 5.56. The van der Waals surface area contributed by atoms with Gasteiger partial charge in [-0.05, 0) is 147 Å². The van der Waals surface area contributed by atoms with Gasteiger partial charge in [0.25, 0.3) is 0 Å². The fraction of sp³-hybridized carbons (Fsp3) is 0.556. The molecule has 4 heteroatoms. The van der Waals surface area contributed by atoms with Crippen molar-refractivity contribution in [3.8, 4) is 0 Å². The number of morpholine rings is 2. The van der Waals surface area contributed by atoms with Crippen LogP contribution in [0.15, 0.2) is 133 Å². The van der Waals surface area contributed by atoms with Crippen molar-refractivity contribution in [2.24, 2.45) is 41.4 Å². The molecular weight excluding hydrogens is 709 g/mol. The van der Waals surface area contributed by atoms with Crippen LogP contribution < -0.4 is 0 Å². The highest BCUT2D eigenvalue weighted by molar-refractivity contribution is 5.42. The first kappa shape index (κ1) is 35.3. The Morgan fingerprint density at radius 3 is 1.91 bits per heavy atom. The largest absolute Gasteiger partial charge is 0.372 e. The Labute approximate surface area is 346 Å². The molecule has 18 atom stereocenters. The molecule has 3 saturated heterocycles. The van der Waals surface area contributed by atoms with Crippen molar-refractivity contribution in [1.82, 2.24) is 9.80 Å². The molecule has 0 N–H and O–H groups in total. The van der Waals surface area contributed by atoms with E-state index in [0.29, 0.717) is 65.9 Å². The van der Waals surface area contributed by atoms with Crippen molar-refractivity contribution >= 4 is 0 Å². The first-order valence-electron chi connectivity index (χ1n) is 23.8. The van der Waals surface area contributed by atoms with Gasteiger partial charge in [0.1, 0.15) is 0 Å². The molecule has 7 aliphatic carbocycles. The standard InChI is InChI=1S/C54H62N2O2/c1-5-13-33(14-6-1)37-21-23-45-41(25-37)43-27-39(35-17-9-3-10-18-35)29-51-53(43)55(45)47-31-50-48(32-49(47)57-51)56-46-24-22-38(34-15-7-2-8-16-34)26-42(46)44-28-40(30-52(58-50)54(44)56)36-19-11-4-12-20-36/h1-13,15,17-21,23,33-34,37-40,42-44,46-54H,14,16,22,24-32H2. The fourth-order valence-corrected chi connectivity index (χ4v) is 15.9. The minimum absolute atomic E-state index is 0.260. The molecule has 2 aromatic carbocycles. The monoisotopic (exact) mass is 770 g/mol. The molecule has 4 nitrogen and oxygen atoms in total. The summed E-state index contributed by atoms with van der Waals surface area (Å²) in [4.78, 5) is 6.17. The van der Waals surface area contributed by atoms with Crippen molar-refractivity contribution < 1.29 is 9.47 Å². The molecule has 4 heterocycles. The Bertz CT molecular complexity index is 2070. The fourth-order valence-electron chi connectivity index (χ4n) is 15.9. The normalized spacial score (nSPS) is 46.9. The molecule has 4 aliphatic heterocycles. The zero-order valence-corrected chi connectivity index (χ0v) is 34.1. The van der Waals surface area contributed by atoms with E-state index in [-0.39, 0.29) is 18.3 Å². The number of hydrogen-bond acceptors (Lipinski definition) is 4. The molecule has 300 valence electrons. The Kier molecular flexibility index (Phi) is 8.57. The summed E-state index contributed by atoms with van der Waals surface area (Å²) in [6.45, 7) is 0. The van der Waals surface area contributed by atoms with E-state index < -0.39 is 0 Å². The van der Waals surface area contributed by atoms with Gasteiger partial charge in [-0.2, -0.15) is 0 Å². The van der Waals surface area contributed by atoms with E-state index in [4.69, 9.17) is 9.47 Å². The van der Waals surface area contributed by atoms with Crippen LogP contribution in [0.4, 0.5) is 0 Å². The molecule has 0 spiro atoms. The molecule has 4 saturated carbocycles. The van der Waals surface area contributed by atoms with E-state index in [1.54, 1.807) is 16.8 Å². The van der Waals surface area contributed by atoms with Gasteiger partial charge < -0.3 is 14.4 Å². The molecule has 0 radical (unpaired) electrons. The van der Waals surface area contributed by atoms with Gasteiger partial charge in [0.15, 0.2) is 0 Å². The third-order valence-electron chi connectivity index (χ3n) is 18.2. The van der Waals surface area contributed by atoms with Crippen LogP contribution in [0.5, 0.6) is 0 Å². The highest BCUT2D eigenvalue weighted by atomic mass is 16.5. The summed E-state index contributed by atoms with van der Waals surface area (Å²) in [5.41, 5.74) is 6.39. The SMILES string of the molecule is C1=CCC(C2C=CC3=C(C2)C2CC(c4ccccc4)CC4OC5CC6C(CC5N3C42)OC2CC(c3ccccc3)CC3C4CC(C5C=CC=CC5)CCC4N6C23)C=C1. The van der Waals surface area contributed by atoms with Gasteiger partial charge in [0.05, 0.1) is 36.5 Å². The summed E-state index contributed by atoms with van der Waals surface area (Å²) in [6, 6.07) is 25.6. The van der Waals surface area contributed by atoms with E-state index in [1.165, 1.54) is 56.9 Å². The lowest BCUT2D eigenvalue weighted by Crippen LogP contribution is -2.71. The third-order valence-corrected chi connectivity index (χ3v) is 18.2. The number of rotatable bonds is 4. The second-order valence-electron chi connectivity index (χ2n) is 20.7. The number of allylic oxidation sites excluding steroid dienone is 10. The lowest BCUT2D eigenvalue weighted by Gasteiger charge is -2.61. The van der Waals surface area contributed by atoms with Crippen LogP contribution in [-0.2, 0) is 9.47 Å². The van der Waals surface area contributed by atoms with E-state index in [0.717, 1.165) is 49.4 Å². The lowest BCUT2D eigenvalue weighted by molar-refractivity contribution is -0.234. The average Bonchev–Trinajstić information content (AvgIpc) is 3.81. The molecule has 0 amide bonds. The quantitative estimate of drug-likeness (QED) is 0.309. The van der Waals surface area contributed by atoms with Gasteiger partial charge in [-0.1, -0.05) is 115 Å². The van der Waals surface area contributed by atoms with Crippen LogP contribution in [0.1, 0.15) is 100 Å². The van der Waals surface area contributed by atoms with E-state index >= 15 is 0 Å². The molecule has 0 aromatic heterocycles. The molecule has 2 aromatic rings. The zero-order chi connectivity index (χ0) is 37.9. The van der Waals surface area contributed by atoms with Gasteiger partial charge in [-0.15, -0.1) is 0 Å². The van der Waals surface area contributed by atoms with Crippen molar-refractivity contribution in [1.29, 1.82) is 0 Å². The average molecular weight is 771 g/mol. The Hall–Kier alpha value is -3.44. The predicted molar refractivity (Wildman–Crippen MR) is 231 cm³/mol. The second-order valence-corrected chi connectivity index (χ2v) is 20.7. The Morgan fingerprint density at radius 2 is 1.19 bits per heavy atom. The minimum atomic E-state index is 0.260. The summed E-state index contributed by atoms with van der Waals surface area (Å²) in [6.07, 6.45) is 40.2. The number of ether oxygens (including phenoxy) is 2. The summed E-state index contributed by atoms with van der Waals surface area (Å²) in [5.74, 6) is 5.95. The van der Waals surface area contributed by atoms with Crippen molar-refractivity contribution in [3.63, 3.8) is 0 Å². The molecule has 18 unspecified atom stereocenters. The van der Waals surface area contributed by atoms with Gasteiger partial charge in [-0.3, -0.25) is 4.90 Å². The van der Waals surface area contributed by atoms with Crippen LogP contribution in [0.3, 0.4) is 0 Å². The maximum absolute atomic E-state index is 7.68. The van der Waals surface area contributed by atoms with Crippen LogP contribution in [-0.4, -0.2) is 64.4 Å². The molecule has 7 fully saturated rings. The number of fused-ring (bicyclic) bond motifs is 9. The lowest BCUT2D eigenvalue weighted by atomic mass is 9.64. The van der Waals surface area contributed by atoms with E-state index in [9.17, 15) is 0 Å². The van der Waals surface area contributed by atoms with Crippen LogP contribution in [0.2, 0.25) is 0 Å². The van der Waals surface area contributed by atoms with Gasteiger partial charge in [0.2, 0.25) is 0 Å². The molecular formula is C54H62N2O2. The van der Waals surface area contributed by atoms with E-state index in [2.05, 4.69) is 131 Å². The molecule has 58 heavy (non-hydrogen) atoms. The van der Waals surface area contributed by atoms with Gasteiger partial charge in [0, 0.05) is 29.7 Å². The highest BCUT2D eigenvalue weighted by Crippen LogP contribution is 2.61. The summed E-state index contributed by atoms with van der Waals surface area (Å²) in [7, 11) is 0. The molecule has 0 bridgehead atoms. The van der Waals surface area contributed by atoms with Crippen molar-refractivity contribution in [2.75, 3.05) is 0 Å². The van der Waals surface area contributed by atoms with Crippen LogP contribution >= 0.6 is 0 Å². The number of benzene rings is 2. The van der Waals surface area contributed by atoms with Gasteiger partial charge >= 0.3 is 0 Å². The first-order valence-corrected chi connectivity index (χ1v) is 23.8. The van der Waals surface area contributed by atoms with Crippen LogP contribution in [0.25, 0.3) is 0 Å². The summed E-state index contributed by atoms with van der Waals surface area (Å²) >= 11 is 0. The Morgan fingerprint density at radius 1 is 0.517 bits per heavy atom. The second kappa shape index (κ2) is 14.1. The molecule has 11 aliphatic rings. The van der Waals surface area contributed by atoms with Crippen LogP contribution in [0, 0.1) is 41.4 Å². The smallest absolute Gasteiger partial charge is 0.0800 e. The topological polar surface area (TPSA) is 24.9 Å².